The van der Waals surface area contributed by atoms with Crippen LogP contribution in [-0.4, -0.2) is 45.8 Å². The number of hydrogen-bond acceptors (Lipinski definition) is 7. The summed E-state index contributed by atoms with van der Waals surface area (Å²) in [6.45, 7) is 7.23. The Morgan fingerprint density at radius 3 is 2.71 bits per heavy atom. The Morgan fingerprint density at radius 1 is 1.23 bits per heavy atom. The largest absolute Gasteiger partial charge is 0.387 e. The summed E-state index contributed by atoms with van der Waals surface area (Å²) < 4.78 is 15.1. The topological polar surface area (TPSA) is 99.2 Å². The van der Waals surface area contributed by atoms with Crippen molar-refractivity contribution in [3.8, 4) is 0 Å². The molecule has 0 aliphatic carbocycles. The standard InChI is InChI=1S/C22H28FN5O2S/c1-13(2)9-24-17-8-20(28-14-5-6-16-18(7-14)31-12-27-16)25-10-15(17)21(29)26-11-19(23)22(3,4)30/h5-8,10,12-13,19,30H,9,11H2,1-4H3,(H,26,29)(H2,24,25,28). The van der Waals surface area contributed by atoms with Crippen LogP contribution >= 0.6 is 11.3 Å². The zero-order chi connectivity index (χ0) is 22.6. The molecule has 0 radical (unpaired) electrons. The number of nitrogens with zero attached hydrogens (tertiary/aromatic N) is 2. The van der Waals surface area contributed by atoms with Crippen LogP contribution in [0.15, 0.2) is 36.0 Å². The first-order valence-corrected chi connectivity index (χ1v) is 11.0. The van der Waals surface area contributed by atoms with E-state index in [1.807, 2.05) is 18.2 Å². The van der Waals surface area contributed by atoms with E-state index in [1.54, 1.807) is 22.9 Å². The van der Waals surface area contributed by atoms with Gasteiger partial charge in [-0.15, -0.1) is 11.3 Å². The Hall–Kier alpha value is -2.78. The van der Waals surface area contributed by atoms with Crippen LogP contribution in [-0.2, 0) is 0 Å². The summed E-state index contributed by atoms with van der Waals surface area (Å²) in [4.78, 5) is 21.3. The van der Waals surface area contributed by atoms with Crippen molar-refractivity contribution in [3.63, 3.8) is 0 Å². The molecule has 1 amide bonds. The number of carbonyl (C=O) groups is 1. The lowest BCUT2D eigenvalue weighted by atomic mass is 10.0. The molecule has 2 heterocycles. The molecule has 31 heavy (non-hydrogen) atoms. The molecule has 2 aromatic heterocycles. The minimum absolute atomic E-state index is 0.291. The van der Waals surface area contributed by atoms with E-state index in [0.717, 1.165) is 15.9 Å². The first kappa shape index (κ1) is 22.9. The number of nitrogens with one attached hydrogen (secondary N) is 3. The number of carbonyl (C=O) groups excluding carboxylic acids is 1. The molecule has 4 N–H and O–H groups in total. The van der Waals surface area contributed by atoms with Gasteiger partial charge in [0.25, 0.3) is 5.91 Å². The summed E-state index contributed by atoms with van der Waals surface area (Å²) in [7, 11) is 0. The number of hydrogen-bond donors (Lipinski definition) is 4. The number of pyridine rings is 1. The van der Waals surface area contributed by atoms with Crippen molar-refractivity contribution in [2.45, 2.75) is 39.5 Å². The number of amides is 1. The summed E-state index contributed by atoms with van der Waals surface area (Å²) >= 11 is 1.56. The van der Waals surface area contributed by atoms with Crippen molar-refractivity contribution < 1.29 is 14.3 Å². The van der Waals surface area contributed by atoms with E-state index in [2.05, 4.69) is 39.8 Å². The number of rotatable bonds is 9. The van der Waals surface area contributed by atoms with Gasteiger partial charge >= 0.3 is 0 Å². The Kier molecular flexibility index (Phi) is 7.07. The molecule has 7 nitrogen and oxygen atoms in total. The van der Waals surface area contributed by atoms with Crippen LogP contribution in [0.25, 0.3) is 10.2 Å². The first-order valence-electron chi connectivity index (χ1n) is 10.1. The molecule has 0 saturated heterocycles. The van der Waals surface area contributed by atoms with E-state index in [0.29, 0.717) is 29.5 Å². The van der Waals surface area contributed by atoms with Crippen molar-refractivity contribution >= 4 is 44.7 Å². The Bertz CT molecular complexity index is 1050. The van der Waals surface area contributed by atoms with E-state index in [4.69, 9.17) is 0 Å². The molecule has 0 saturated carbocycles. The van der Waals surface area contributed by atoms with Crippen molar-refractivity contribution in [2.24, 2.45) is 5.92 Å². The normalized spacial score (nSPS) is 12.7. The zero-order valence-corrected chi connectivity index (χ0v) is 18.9. The van der Waals surface area contributed by atoms with Gasteiger partial charge in [0.1, 0.15) is 12.0 Å². The lowest BCUT2D eigenvalue weighted by Gasteiger charge is -2.22. The van der Waals surface area contributed by atoms with E-state index in [-0.39, 0.29) is 6.54 Å². The molecule has 0 spiro atoms. The monoisotopic (exact) mass is 445 g/mol. The van der Waals surface area contributed by atoms with E-state index < -0.39 is 17.7 Å². The fourth-order valence-electron chi connectivity index (χ4n) is 2.77. The van der Waals surface area contributed by atoms with Gasteiger partial charge in [0.2, 0.25) is 0 Å². The molecule has 9 heteroatoms. The maximum absolute atomic E-state index is 14.0. The molecule has 1 aromatic carbocycles. The van der Waals surface area contributed by atoms with Gasteiger partial charge in [-0.1, -0.05) is 13.8 Å². The molecule has 0 aliphatic heterocycles. The maximum Gasteiger partial charge on any atom is 0.255 e. The summed E-state index contributed by atoms with van der Waals surface area (Å²) in [5, 5.41) is 18.8. The lowest BCUT2D eigenvalue weighted by molar-refractivity contribution is -0.00177. The molecular formula is C22H28FN5O2S. The second kappa shape index (κ2) is 9.57. The van der Waals surface area contributed by atoms with Crippen molar-refractivity contribution in [1.82, 2.24) is 15.3 Å². The van der Waals surface area contributed by atoms with Gasteiger partial charge in [0, 0.05) is 24.5 Å². The van der Waals surface area contributed by atoms with Gasteiger partial charge in [0.15, 0.2) is 0 Å². The third-order valence-corrected chi connectivity index (χ3v) is 5.45. The number of alkyl halides is 1. The molecule has 0 bridgehead atoms. The molecular weight excluding hydrogens is 417 g/mol. The average molecular weight is 446 g/mol. The van der Waals surface area contributed by atoms with Gasteiger partial charge in [-0.2, -0.15) is 0 Å². The van der Waals surface area contributed by atoms with Crippen molar-refractivity contribution in [3.05, 3.63) is 41.5 Å². The Morgan fingerprint density at radius 2 is 2.00 bits per heavy atom. The zero-order valence-electron chi connectivity index (χ0n) is 18.1. The Labute approximate surface area is 185 Å². The smallest absolute Gasteiger partial charge is 0.255 e. The number of halogens is 1. The van der Waals surface area contributed by atoms with Crippen LogP contribution in [0, 0.1) is 5.92 Å². The predicted molar refractivity (Wildman–Crippen MR) is 124 cm³/mol. The van der Waals surface area contributed by atoms with Crippen LogP contribution in [0.3, 0.4) is 0 Å². The van der Waals surface area contributed by atoms with Crippen LogP contribution in [0.4, 0.5) is 21.6 Å². The number of thiazole rings is 1. The fraction of sp³-hybridized carbons (Fsp3) is 0.409. The summed E-state index contributed by atoms with van der Waals surface area (Å²) in [6.07, 6.45) is -0.123. The SMILES string of the molecule is CC(C)CNc1cc(Nc2ccc3ncsc3c2)ncc1C(=O)NCC(F)C(C)(C)O. The van der Waals surface area contributed by atoms with Crippen LogP contribution in [0.1, 0.15) is 38.1 Å². The number of aliphatic hydroxyl groups is 1. The molecule has 1 atom stereocenters. The summed E-state index contributed by atoms with van der Waals surface area (Å²) in [5.74, 6) is 0.481. The second-order valence-electron chi connectivity index (χ2n) is 8.38. The maximum atomic E-state index is 14.0. The average Bonchev–Trinajstić information content (AvgIpc) is 3.17. The van der Waals surface area contributed by atoms with Gasteiger partial charge in [-0.05, 0) is 38.0 Å². The van der Waals surface area contributed by atoms with Crippen LogP contribution < -0.4 is 16.0 Å². The highest BCUT2D eigenvalue weighted by Crippen LogP contribution is 2.26. The predicted octanol–water partition coefficient (Wildman–Crippen LogP) is 4.34. The molecule has 3 rings (SSSR count). The lowest BCUT2D eigenvalue weighted by Crippen LogP contribution is -2.42. The highest BCUT2D eigenvalue weighted by Gasteiger charge is 2.27. The van der Waals surface area contributed by atoms with Crippen LogP contribution in [0.2, 0.25) is 0 Å². The summed E-state index contributed by atoms with van der Waals surface area (Å²) in [5.41, 5.74) is 2.98. The molecule has 0 aliphatic rings. The molecule has 166 valence electrons. The highest BCUT2D eigenvalue weighted by atomic mass is 32.1. The minimum Gasteiger partial charge on any atom is -0.387 e. The third-order valence-electron chi connectivity index (χ3n) is 4.66. The Balaban J connectivity index is 1.79. The first-order chi connectivity index (χ1) is 14.6. The van der Waals surface area contributed by atoms with Gasteiger partial charge in [-0.25, -0.2) is 14.4 Å². The quantitative estimate of drug-likeness (QED) is 0.391. The van der Waals surface area contributed by atoms with E-state index >= 15 is 0 Å². The number of aromatic nitrogens is 2. The number of benzene rings is 1. The minimum atomic E-state index is -1.58. The van der Waals surface area contributed by atoms with Crippen molar-refractivity contribution in [2.75, 3.05) is 23.7 Å². The highest BCUT2D eigenvalue weighted by molar-refractivity contribution is 7.16. The molecule has 3 aromatic rings. The van der Waals surface area contributed by atoms with Gasteiger partial charge in [-0.3, -0.25) is 4.79 Å². The molecule has 0 fully saturated rings. The number of fused-ring (bicyclic) bond motifs is 1. The van der Waals surface area contributed by atoms with Crippen LogP contribution in [0.5, 0.6) is 0 Å². The van der Waals surface area contributed by atoms with Gasteiger partial charge in [0.05, 0.1) is 39.1 Å². The van der Waals surface area contributed by atoms with Crippen molar-refractivity contribution in [1.29, 1.82) is 0 Å². The van der Waals surface area contributed by atoms with E-state index in [1.165, 1.54) is 20.0 Å². The second-order valence-corrected chi connectivity index (χ2v) is 9.27. The number of anilines is 3. The fourth-order valence-corrected chi connectivity index (χ4v) is 3.49. The summed E-state index contributed by atoms with van der Waals surface area (Å²) in [6, 6.07) is 7.61. The third kappa shape index (κ3) is 6.11. The van der Waals surface area contributed by atoms with Gasteiger partial charge < -0.3 is 21.1 Å². The molecule has 1 unspecified atom stereocenters. The van der Waals surface area contributed by atoms with E-state index in [9.17, 15) is 14.3 Å².